The summed E-state index contributed by atoms with van der Waals surface area (Å²) < 4.78 is 0. The lowest BCUT2D eigenvalue weighted by Crippen LogP contribution is -2.32. The molecular formula is C11H13N3O. The Labute approximate surface area is 88.4 Å². The first-order valence-electron chi connectivity index (χ1n) is 4.92. The molecule has 0 atom stereocenters. The van der Waals surface area contributed by atoms with Crippen molar-refractivity contribution in [3.8, 4) is 0 Å². The number of aliphatic imine (C=N–C) groups is 1. The van der Waals surface area contributed by atoms with E-state index in [1.165, 1.54) is 0 Å². The summed E-state index contributed by atoms with van der Waals surface area (Å²) in [6, 6.07) is 7.68. The van der Waals surface area contributed by atoms with Crippen molar-refractivity contribution in [2.45, 2.75) is 6.92 Å². The zero-order chi connectivity index (χ0) is 10.7. The van der Waals surface area contributed by atoms with Gasteiger partial charge in [-0.15, -0.1) is 0 Å². The molecule has 0 radical (unpaired) electrons. The van der Waals surface area contributed by atoms with Crippen LogP contribution in [0.4, 0.5) is 5.69 Å². The van der Waals surface area contributed by atoms with Crippen LogP contribution in [-0.2, 0) is 4.79 Å². The standard InChI is InChI=1S/C11H13N3O/c1-8-3-2-4-9(7-8)14-11(15)10-12-5-6-13-10/h2-4,7H,5-6H2,1H3,(H,12,13)(H,14,15). The van der Waals surface area contributed by atoms with Crippen LogP contribution in [0.25, 0.3) is 0 Å². The van der Waals surface area contributed by atoms with Crippen LogP contribution in [0.1, 0.15) is 5.56 Å². The molecule has 0 saturated carbocycles. The van der Waals surface area contributed by atoms with Gasteiger partial charge in [0, 0.05) is 12.2 Å². The summed E-state index contributed by atoms with van der Waals surface area (Å²) in [5.74, 6) is 0.259. The summed E-state index contributed by atoms with van der Waals surface area (Å²) in [7, 11) is 0. The number of hydrogen-bond donors (Lipinski definition) is 2. The van der Waals surface area contributed by atoms with Gasteiger partial charge >= 0.3 is 0 Å². The molecule has 0 aliphatic carbocycles. The average molecular weight is 203 g/mol. The lowest BCUT2D eigenvalue weighted by Gasteiger charge is -2.05. The van der Waals surface area contributed by atoms with Gasteiger partial charge < -0.3 is 10.6 Å². The molecule has 15 heavy (non-hydrogen) atoms. The molecule has 2 rings (SSSR count). The number of nitrogens with zero attached hydrogens (tertiary/aromatic N) is 1. The molecule has 0 aromatic heterocycles. The monoisotopic (exact) mass is 203 g/mol. The maximum Gasteiger partial charge on any atom is 0.290 e. The van der Waals surface area contributed by atoms with E-state index < -0.39 is 0 Å². The smallest absolute Gasteiger partial charge is 0.290 e. The van der Waals surface area contributed by atoms with E-state index in [4.69, 9.17) is 0 Å². The Bertz CT molecular complexity index is 412. The molecule has 1 aliphatic heterocycles. The highest BCUT2D eigenvalue weighted by atomic mass is 16.2. The highest BCUT2D eigenvalue weighted by molar-refractivity contribution is 6.42. The van der Waals surface area contributed by atoms with Gasteiger partial charge in [0.05, 0.1) is 6.54 Å². The van der Waals surface area contributed by atoms with Crippen molar-refractivity contribution < 1.29 is 4.79 Å². The molecule has 0 bridgehead atoms. The van der Waals surface area contributed by atoms with Crippen LogP contribution in [0.5, 0.6) is 0 Å². The molecule has 2 N–H and O–H groups in total. The fourth-order valence-corrected chi connectivity index (χ4v) is 1.46. The van der Waals surface area contributed by atoms with Gasteiger partial charge in [0.1, 0.15) is 0 Å². The summed E-state index contributed by atoms with van der Waals surface area (Å²) in [5.41, 5.74) is 1.92. The fraction of sp³-hybridized carbons (Fsp3) is 0.273. The third kappa shape index (κ3) is 2.34. The second-order valence-corrected chi connectivity index (χ2v) is 3.48. The number of anilines is 1. The molecule has 4 nitrogen and oxygen atoms in total. The topological polar surface area (TPSA) is 53.5 Å². The third-order valence-electron chi connectivity index (χ3n) is 2.17. The number of carbonyl (C=O) groups excluding carboxylic acids is 1. The van der Waals surface area contributed by atoms with Crippen LogP contribution in [0.2, 0.25) is 0 Å². The van der Waals surface area contributed by atoms with E-state index in [1.807, 2.05) is 31.2 Å². The average Bonchev–Trinajstić information content (AvgIpc) is 2.70. The highest BCUT2D eigenvalue weighted by Gasteiger charge is 2.14. The normalized spacial score (nSPS) is 14.3. The highest BCUT2D eigenvalue weighted by Crippen LogP contribution is 2.09. The van der Waals surface area contributed by atoms with Crippen molar-refractivity contribution in [2.24, 2.45) is 4.99 Å². The van der Waals surface area contributed by atoms with Crippen LogP contribution >= 0.6 is 0 Å². The summed E-state index contributed by atoms with van der Waals surface area (Å²) in [6.07, 6.45) is 0. The minimum atomic E-state index is -0.168. The Kier molecular flexibility index (Phi) is 2.67. The molecule has 0 fully saturated rings. The van der Waals surface area contributed by atoms with Crippen molar-refractivity contribution in [1.82, 2.24) is 5.32 Å². The number of carbonyl (C=O) groups is 1. The van der Waals surface area contributed by atoms with E-state index in [9.17, 15) is 4.79 Å². The Hall–Kier alpha value is -1.84. The molecule has 1 amide bonds. The van der Waals surface area contributed by atoms with Crippen LogP contribution in [0.3, 0.4) is 0 Å². The maximum atomic E-state index is 11.6. The Morgan fingerprint density at radius 2 is 2.40 bits per heavy atom. The quantitative estimate of drug-likeness (QED) is 0.751. The van der Waals surface area contributed by atoms with Gasteiger partial charge in [0.2, 0.25) is 0 Å². The Morgan fingerprint density at radius 3 is 3.07 bits per heavy atom. The van der Waals surface area contributed by atoms with Gasteiger partial charge in [0.25, 0.3) is 5.91 Å². The molecular weight excluding hydrogens is 190 g/mol. The number of amidine groups is 1. The van der Waals surface area contributed by atoms with E-state index in [0.717, 1.165) is 17.8 Å². The SMILES string of the molecule is Cc1cccc(NC(=O)C2=NCCN2)c1. The first-order valence-corrected chi connectivity index (χ1v) is 4.92. The molecule has 78 valence electrons. The zero-order valence-corrected chi connectivity index (χ0v) is 8.58. The predicted molar refractivity (Wildman–Crippen MR) is 60.1 cm³/mol. The number of aryl methyl sites for hydroxylation is 1. The molecule has 0 unspecified atom stereocenters. The summed E-state index contributed by atoms with van der Waals surface area (Å²) >= 11 is 0. The van der Waals surface area contributed by atoms with E-state index in [-0.39, 0.29) is 5.91 Å². The van der Waals surface area contributed by atoms with Crippen molar-refractivity contribution >= 4 is 17.4 Å². The van der Waals surface area contributed by atoms with Crippen molar-refractivity contribution in [2.75, 3.05) is 18.4 Å². The number of rotatable bonds is 2. The van der Waals surface area contributed by atoms with Gasteiger partial charge in [-0.3, -0.25) is 9.79 Å². The molecule has 1 aromatic rings. The van der Waals surface area contributed by atoms with Crippen molar-refractivity contribution in [3.63, 3.8) is 0 Å². The summed E-state index contributed by atoms with van der Waals surface area (Å²) in [6.45, 7) is 3.41. The van der Waals surface area contributed by atoms with Gasteiger partial charge in [-0.05, 0) is 24.6 Å². The predicted octanol–water partition coefficient (Wildman–Crippen LogP) is 0.935. The maximum absolute atomic E-state index is 11.6. The van der Waals surface area contributed by atoms with Crippen molar-refractivity contribution in [1.29, 1.82) is 0 Å². The van der Waals surface area contributed by atoms with Crippen molar-refractivity contribution in [3.05, 3.63) is 29.8 Å². The molecule has 4 heteroatoms. The largest absolute Gasteiger partial charge is 0.364 e. The Balaban J connectivity index is 2.05. The van der Waals surface area contributed by atoms with Crippen LogP contribution in [0, 0.1) is 6.92 Å². The minimum absolute atomic E-state index is 0.168. The van der Waals surface area contributed by atoms with E-state index in [1.54, 1.807) is 0 Å². The first kappa shape index (κ1) is 9.71. The lowest BCUT2D eigenvalue weighted by atomic mass is 10.2. The van der Waals surface area contributed by atoms with Gasteiger partial charge in [-0.1, -0.05) is 12.1 Å². The zero-order valence-electron chi connectivity index (χ0n) is 8.58. The molecule has 1 aliphatic rings. The molecule has 0 saturated heterocycles. The minimum Gasteiger partial charge on any atom is -0.364 e. The van der Waals surface area contributed by atoms with Crippen LogP contribution in [-0.4, -0.2) is 24.8 Å². The lowest BCUT2D eigenvalue weighted by molar-refractivity contribution is -0.110. The molecule has 1 aromatic carbocycles. The first-order chi connectivity index (χ1) is 7.25. The number of benzene rings is 1. The van der Waals surface area contributed by atoms with Crippen LogP contribution in [0.15, 0.2) is 29.3 Å². The number of amides is 1. The van der Waals surface area contributed by atoms with E-state index in [0.29, 0.717) is 12.4 Å². The number of hydrogen-bond acceptors (Lipinski definition) is 3. The third-order valence-corrected chi connectivity index (χ3v) is 2.17. The van der Waals surface area contributed by atoms with Crippen LogP contribution < -0.4 is 10.6 Å². The van der Waals surface area contributed by atoms with Gasteiger partial charge in [-0.25, -0.2) is 0 Å². The fourth-order valence-electron chi connectivity index (χ4n) is 1.46. The second-order valence-electron chi connectivity index (χ2n) is 3.48. The molecule has 0 spiro atoms. The number of nitrogens with one attached hydrogen (secondary N) is 2. The molecule has 1 heterocycles. The Morgan fingerprint density at radius 1 is 1.53 bits per heavy atom. The van der Waals surface area contributed by atoms with E-state index >= 15 is 0 Å². The van der Waals surface area contributed by atoms with Gasteiger partial charge in [-0.2, -0.15) is 0 Å². The van der Waals surface area contributed by atoms with E-state index in [2.05, 4.69) is 15.6 Å². The summed E-state index contributed by atoms with van der Waals surface area (Å²) in [4.78, 5) is 15.7. The second kappa shape index (κ2) is 4.13. The summed E-state index contributed by atoms with van der Waals surface area (Å²) in [5, 5.41) is 5.72. The van der Waals surface area contributed by atoms with Gasteiger partial charge in [0.15, 0.2) is 5.84 Å².